The van der Waals surface area contributed by atoms with E-state index < -0.39 is 17.9 Å². The number of fused-ring (bicyclic) bond motifs is 2. The molecule has 0 spiro atoms. The van der Waals surface area contributed by atoms with E-state index in [2.05, 4.69) is 15.8 Å². The number of hydrogen-bond donors (Lipinski definition) is 2. The van der Waals surface area contributed by atoms with Gasteiger partial charge in [0.05, 0.1) is 12.2 Å². The van der Waals surface area contributed by atoms with Crippen LogP contribution in [0.25, 0.3) is 0 Å². The highest BCUT2D eigenvalue weighted by Crippen LogP contribution is 2.31. The van der Waals surface area contributed by atoms with Gasteiger partial charge in [-0.05, 0) is 30.2 Å². The van der Waals surface area contributed by atoms with E-state index in [1.165, 1.54) is 0 Å². The van der Waals surface area contributed by atoms with Gasteiger partial charge in [0.15, 0.2) is 17.2 Å². The summed E-state index contributed by atoms with van der Waals surface area (Å²) >= 11 is 0. The van der Waals surface area contributed by atoms with E-state index in [0.717, 1.165) is 11.3 Å². The summed E-state index contributed by atoms with van der Waals surface area (Å²) in [4.78, 5) is 39.6. The lowest BCUT2D eigenvalue weighted by Gasteiger charge is -2.25. The van der Waals surface area contributed by atoms with E-state index >= 15 is 0 Å². The number of benzene rings is 3. The molecule has 36 heavy (non-hydrogen) atoms. The molecule has 0 saturated carbocycles. The van der Waals surface area contributed by atoms with E-state index in [0.29, 0.717) is 30.0 Å². The number of rotatable bonds is 7. The van der Waals surface area contributed by atoms with Crippen molar-refractivity contribution in [1.29, 1.82) is 0 Å². The molecule has 2 heterocycles. The Hall–Kier alpha value is -4.66. The van der Waals surface area contributed by atoms with Crippen molar-refractivity contribution in [1.82, 2.24) is 10.7 Å². The van der Waals surface area contributed by atoms with E-state index in [4.69, 9.17) is 9.47 Å². The number of para-hydroxylation sites is 3. The molecule has 5 rings (SSSR count). The molecule has 182 valence electrons. The summed E-state index contributed by atoms with van der Waals surface area (Å²) < 4.78 is 11.2. The summed E-state index contributed by atoms with van der Waals surface area (Å²) in [6.45, 7) is 0.191. The van der Waals surface area contributed by atoms with Gasteiger partial charge in [-0.25, -0.2) is 5.43 Å². The van der Waals surface area contributed by atoms with E-state index in [-0.39, 0.29) is 24.8 Å². The standard InChI is InChI=1S/C27H24N4O5/c32-24(16-28-26(33)23-17-35-21-12-6-7-13-22(21)36-23)29-30-25-19-10-4-5-11-20(19)31(27(25)34)15-14-18-8-2-1-3-9-18/h1-13,23H,14-17H2,(H,28,33)(H,29,32)/b30-25-. The Bertz CT molecular complexity index is 1320. The van der Waals surface area contributed by atoms with Crippen LogP contribution in [0.15, 0.2) is 84.0 Å². The molecule has 2 N–H and O–H groups in total. The van der Waals surface area contributed by atoms with Gasteiger partial charge in [0.25, 0.3) is 17.7 Å². The Morgan fingerprint density at radius 2 is 1.67 bits per heavy atom. The smallest absolute Gasteiger partial charge is 0.279 e. The molecule has 3 aromatic rings. The van der Waals surface area contributed by atoms with Gasteiger partial charge in [0, 0.05) is 12.1 Å². The van der Waals surface area contributed by atoms with Crippen LogP contribution < -0.4 is 25.1 Å². The minimum absolute atomic E-state index is 0.0386. The maximum absolute atomic E-state index is 13.1. The summed E-state index contributed by atoms with van der Waals surface area (Å²) in [5.41, 5.74) is 5.04. The quantitative estimate of drug-likeness (QED) is 0.499. The molecule has 0 radical (unpaired) electrons. The summed E-state index contributed by atoms with van der Waals surface area (Å²) in [6, 6.07) is 24.3. The third kappa shape index (κ3) is 4.90. The molecule has 0 bridgehead atoms. The first-order valence-electron chi connectivity index (χ1n) is 11.6. The van der Waals surface area contributed by atoms with Gasteiger partial charge in [-0.15, -0.1) is 0 Å². The average Bonchev–Trinajstić information content (AvgIpc) is 3.19. The molecule has 1 unspecified atom stereocenters. The molecule has 2 aliphatic rings. The van der Waals surface area contributed by atoms with E-state index in [1.54, 1.807) is 29.2 Å². The van der Waals surface area contributed by atoms with Gasteiger partial charge in [-0.2, -0.15) is 5.10 Å². The van der Waals surface area contributed by atoms with Crippen molar-refractivity contribution in [2.45, 2.75) is 12.5 Å². The van der Waals surface area contributed by atoms with Crippen LogP contribution in [0.5, 0.6) is 11.5 Å². The highest BCUT2D eigenvalue weighted by molar-refractivity contribution is 6.54. The molecule has 3 aromatic carbocycles. The zero-order chi connectivity index (χ0) is 24.9. The maximum atomic E-state index is 13.1. The number of carbonyl (C=O) groups excluding carboxylic acids is 3. The first kappa shape index (κ1) is 23.1. The zero-order valence-electron chi connectivity index (χ0n) is 19.3. The lowest BCUT2D eigenvalue weighted by atomic mass is 10.1. The molecule has 9 heteroatoms. The van der Waals surface area contributed by atoms with Crippen LogP contribution in [0, 0.1) is 0 Å². The van der Waals surface area contributed by atoms with Crippen molar-refractivity contribution >= 4 is 29.1 Å². The second kappa shape index (κ2) is 10.3. The van der Waals surface area contributed by atoms with Gasteiger partial charge in [-0.1, -0.05) is 60.7 Å². The monoisotopic (exact) mass is 484 g/mol. The lowest BCUT2D eigenvalue weighted by Crippen LogP contribution is -2.46. The van der Waals surface area contributed by atoms with Gasteiger partial charge in [0.1, 0.15) is 6.61 Å². The first-order valence-corrected chi connectivity index (χ1v) is 11.6. The zero-order valence-corrected chi connectivity index (χ0v) is 19.3. The lowest BCUT2D eigenvalue weighted by molar-refractivity contribution is -0.132. The molecule has 0 fully saturated rings. The number of ether oxygens (including phenoxy) is 2. The normalized spacial score (nSPS) is 17.0. The van der Waals surface area contributed by atoms with Gasteiger partial charge in [0.2, 0.25) is 6.10 Å². The molecule has 2 aliphatic heterocycles. The highest BCUT2D eigenvalue weighted by Gasteiger charge is 2.34. The number of anilines is 1. The number of nitrogens with zero attached hydrogens (tertiary/aromatic N) is 2. The highest BCUT2D eigenvalue weighted by atomic mass is 16.6. The van der Waals surface area contributed by atoms with Crippen molar-refractivity contribution in [3.05, 3.63) is 90.0 Å². The van der Waals surface area contributed by atoms with E-state index in [1.807, 2.05) is 54.6 Å². The average molecular weight is 485 g/mol. The minimum atomic E-state index is -0.875. The Morgan fingerprint density at radius 1 is 0.944 bits per heavy atom. The van der Waals surface area contributed by atoms with Crippen LogP contribution in [-0.4, -0.2) is 49.2 Å². The number of carbonyl (C=O) groups is 3. The Morgan fingerprint density at radius 3 is 2.50 bits per heavy atom. The summed E-state index contributed by atoms with van der Waals surface area (Å²) in [7, 11) is 0. The summed E-state index contributed by atoms with van der Waals surface area (Å²) in [6.07, 6.45) is -0.190. The fourth-order valence-electron chi connectivity index (χ4n) is 4.07. The fraction of sp³-hybridized carbons (Fsp3) is 0.185. The second-order valence-electron chi connectivity index (χ2n) is 8.29. The topological polar surface area (TPSA) is 109 Å². The van der Waals surface area contributed by atoms with Gasteiger partial charge >= 0.3 is 0 Å². The SMILES string of the molecule is O=C(CNC(=O)C1COc2ccccc2O1)N/N=C1\C(=O)N(CCc2ccccc2)c2ccccc21. The molecule has 0 saturated heterocycles. The Kier molecular flexibility index (Phi) is 6.61. The minimum Gasteiger partial charge on any atom is -0.485 e. The third-order valence-corrected chi connectivity index (χ3v) is 5.88. The summed E-state index contributed by atoms with van der Waals surface area (Å²) in [5.74, 6) is -0.310. The molecule has 1 atom stereocenters. The predicted octanol–water partition coefficient (Wildman–Crippen LogP) is 2.05. The molecule has 9 nitrogen and oxygen atoms in total. The summed E-state index contributed by atoms with van der Waals surface area (Å²) in [5, 5.41) is 6.60. The van der Waals surface area contributed by atoms with E-state index in [9.17, 15) is 14.4 Å². The van der Waals surface area contributed by atoms with Crippen molar-refractivity contribution < 1.29 is 23.9 Å². The predicted molar refractivity (Wildman–Crippen MR) is 133 cm³/mol. The second-order valence-corrected chi connectivity index (χ2v) is 8.29. The van der Waals surface area contributed by atoms with Crippen LogP contribution in [0.3, 0.4) is 0 Å². The molecule has 0 aromatic heterocycles. The molecular formula is C27H24N4O5. The number of nitrogens with one attached hydrogen (secondary N) is 2. The Labute approximate surface area is 207 Å². The fourth-order valence-corrected chi connectivity index (χ4v) is 4.07. The van der Waals surface area contributed by atoms with Crippen molar-refractivity contribution in [2.24, 2.45) is 5.10 Å². The van der Waals surface area contributed by atoms with Crippen molar-refractivity contribution in [3.63, 3.8) is 0 Å². The van der Waals surface area contributed by atoms with Crippen LogP contribution >= 0.6 is 0 Å². The third-order valence-electron chi connectivity index (χ3n) is 5.88. The van der Waals surface area contributed by atoms with Crippen LogP contribution in [0.2, 0.25) is 0 Å². The number of hydrazone groups is 1. The molecular weight excluding hydrogens is 460 g/mol. The molecule has 0 aliphatic carbocycles. The largest absolute Gasteiger partial charge is 0.485 e. The number of amides is 3. The van der Waals surface area contributed by atoms with Crippen LogP contribution in [-0.2, 0) is 20.8 Å². The Balaban J connectivity index is 1.18. The van der Waals surface area contributed by atoms with Crippen molar-refractivity contribution in [2.75, 3.05) is 24.6 Å². The van der Waals surface area contributed by atoms with Gasteiger partial charge < -0.3 is 19.7 Å². The molecule has 3 amide bonds. The number of hydrogen-bond acceptors (Lipinski definition) is 6. The first-order chi connectivity index (χ1) is 17.6. The van der Waals surface area contributed by atoms with Crippen LogP contribution in [0.4, 0.5) is 5.69 Å². The van der Waals surface area contributed by atoms with Gasteiger partial charge in [-0.3, -0.25) is 14.4 Å². The van der Waals surface area contributed by atoms with Crippen LogP contribution in [0.1, 0.15) is 11.1 Å². The maximum Gasteiger partial charge on any atom is 0.279 e. The van der Waals surface area contributed by atoms with Crippen molar-refractivity contribution in [3.8, 4) is 11.5 Å².